The molecule has 0 amide bonds. The van der Waals surface area contributed by atoms with E-state index in [0.717, 1.165) is 36.8 Å². The Kier molecular flexibility index (Phi) is 5.21. The predicted octanol–water partition coefficient (Wildman–Crippen LogP) is 2.55. The second-order valence-corrected chi connectivity index (χ2v) is 7.55. The van der Waals surface area contributed by atoms with Gasteiger partial charge in [-0.2, -0.15) is 20.1 Å². The Hall–Kier alpha value is -2.65. The van der Waals surface area contributed by atoms with Gasteiger partial charge in [-0.05, 0) is 37.9 Å². The third-order valence-electron chi connectivity index (χ3n) is 4.29. The minimum Gasteiger partial charge on any atom is -0.338 e. The molecule has 1 fully saturated rings. The zero-order valence-electron chi connectivity index (χ0n) is 15.4. The molecular weight excluding hydrogens is 360 g/mol. The quantitative estimate of drug-likeness (QED) is 0.696. The summed E-state index contributed by atoms with van der Waals surface area (Å²) in [5.41, 5.74) is 0.977. The van der Waals surface area contributed by atoms with Crippen molar-refractivity contribution >= 4 is 29.5 Å². The van der Waals surface area contributed by atoms with Crippen LogP contribution in [0.2, 0.25) is 0 Å². The molecule has 0 saturated carbocycles. The van der Waals surface area contributed by atoms with Crippen LogP contribution < -0.4 is 10.2 Å². The minimum absolute atomic E-state index is 0.504. The first-order valence-electron chi connectivity index (χ1n) is 8.87. The zero-order valence-corrected chi connectivity index (χ0v) is 16.2. The molecule has 0 bridgehead atoms. The maximum Gasteiger partial charge on any atom is 0.234 e. The highest BCUT2D eigenvalue weighted by Gasteiger charge is 2.19. The average molecular weight is 382 g/mol. The third-order valence-corrected chi connectivity index (χ3v) is 5.16. The van der Waals surface area contributed by atoms with Crippen molar-refractivity contribution in [2.24, 2.45) is 0 Å². The Balaban J connectivity index is 1.62. The van der Waals surface area contributed by atoms with Gasteiger partial charge >= 0.3 is 0 Å². The lowest BCUT2D eigenvalue weighted by molar-refractivity contribution is 0.311. The number of rotatable bonds is 5. The zero-order chi connectivity index (χ0) is 18.6. The number of aromatic amines is 1. The van der Waals surface area contributed by atoms with Crippen molar-refractivity contribution in [1.82, 2.24) is 30.0 Å². The summed E-state index contributed by atoms with van der Waals surface area (Å²) in [6.07, 6.45) is 0. The molecule has 0 spiro atoms. The second kappa shape index (κ2) is 7.93. The van der Waals surface area contributed by atoms with E-state index in [1.54, 1.807) is 0 Å². The van der Waals surface area contributed by atoms with Crippen LogP contribution >= 0.6 is 11.8 Å². The summed E-state index contributed by atoms with van der Waals surface area (Å²) < 4.78 is 0. The molecule has 8 nitrogen and oxygen atoms in total. The van der Waals surface area contributed by atoms with E-state index in [0.29, 0.717) is 22.9 Å². The highest BCUT2D eigenvalue weighted by Crippen LogP contribution is 2.27. The van der Waals surface area contributed by atoms with Gasteiger partial charge in [0.25, 0.3) is 0 Å². The van der Waals surface area contributed by atoms with E-state index in [9.17, 15) is 0 Å². The summed E-state index contributed by atoms with van der Waals surface area (Å²) in [7, 11) is 2.13. The maximum absolute atomic E-state index is 4.70. The van der Waals surface area contributed by atoms with E-state index in [2.05, 4.69) is 42.3 Å². The van der Waals surface area contributed by atoms with Crippen LogP contribution in [-0.2, 0) is 0 Å². The molecule has 1 aliphatic heterocycles. The number of piperazine rings is 1. The number of nitrogens with zero attached hydrogens (tertiary/aromatic N) is 6. The van der Waals surface area contributed by atoms with Gasteiger partial charge in [-0.3, -0.25) is 5.10 Å². The van der Waals surface area contributed by atoms with E-state index >= 15 is 0 Å². The topological polar surface area (TPSA) is 85.9 Å². The fourth-order valence-electron chi connectivity index (χ4n) is 2.79. The summed E-state index contributed by atoms with van der Waals surface area (Å²) in [6, 6.07) is 12.0. The molecule has 2 aromatic heterocycles. The lowest BCUT2D eigenvalue weighted by Gasteiger charge is -2.32. The van der Waals surface area contributed by atoms with Crippen LogP contribution in [0.25, 0.3) is 0 Å². The summed E-state index contributed by atoms with van der Waals surface area (Å²) in [5, 5.41) is 11.0. The Morgan fingerprint density at radius 3 is 2.52 bits per heavy atom. The summed E-state index contributed by atoms with van der Waals surface area (Å²) in [5.74, 6) is 1.90. The van der Waals surface area contributed by atoms with Crippen LogP contribution in [0.1, 0.15) is 5.69 Å². The van der Waals surface area contributed by atoms with Crippen molar-refractivity contribution in [2.75, 3.05) is 43.4 Å². The van der Waals surface area contributed by atoms with Gasteiger partial charge in [0, 0.05) is 42.8 Å². The Morgan fingerprint density at radius 1 is 1.04 bits per heavy atom. The summed E-state index contributed by atoms with van der Waals surface area (Å²) in [4.78, 5) is 19.5. The number of benzene rings is 1. The van der Waals surface area contributed by atoms with E-state index in [-0.39, 0.29) is 0 Å². The SMILES string of the molecule is Cc1cc(Nc2nc(Sc3ccccc3)nc(N3CCN(C)CC3)n2)n[nH]1. The molecule has 140 valence electrons. The van der Waals surface area contributed by atoms with Gasteiger partial charge in [-0.1, -0.05) is 18.2 Å². The van der Waals surface area contributed by atoms with Crippen molar-refractivity contribution in [1.29, 1.82) is 0 Å². The number of anilines is 3. The molecule has 1 aromatic carbocycles. The molecule has 2 N–H and O–H groups in total. The number of hydrogen-bond donors (Lipinski definition) is 2. The molecule has 3 heterocycles. The second-order valence-electron chi connectivity index (χ2n) is 6.51. The van der Waals surface area contributed by atoms with Gasteiger partial charge in [0.1, 0.15) is 0 Å². The molecule has 0 radical (unpaired) electrons. The van der Waals surface area contributed by atoms with Gasteiger partial charge in [0.2, 0.25) is 11.9 Å². The first kappa shape index (κ1) is 17.7. The molecule has 9 heteroatoms. The normalized spacial score (nSPS) is 15.1. The van der Waals surface area contributed by atoms with Crippen LogP contribution in [-0.4, -0.2) is 63.3 Å². The van der Waals surface area contributed by atoms with Crippen molar-refractivity contribution in [3.63, 3.8) is 0 Å². The molecule has 4 rings (SSSR count). The van der Waals surface area contributed by atoms with Crippen LogP contribution in [0.4, 0.5) is 17.7 Å². The summed E-state index contributed by atoms with van der Waals surface area (Å²) >= 11 is 1.53. The fraction of sp³-hybridized carbons (Fsp3) is 0.333. The molecule has 0 aliphatic carbocycles. The number of likely N-dealkylation sites (N-methyl/N-ethyl adjacent to an activating group) is 1. The Morgan fingerprint density at radius 2 is 1.81 bits per heavy atom. The number of hydrogen-bond acceptors (Lipinski definition) is 8. The molecule has 0 atom stereocenters. The largest absolute Gasteiger partial charge is 0.338 e. The molecule has 1 saturated heterocycles. The van der Waals surface area contributed by atoms with Crippen LogP contribution in [0.3, 0.4) is 0 Å². The number of H-pyrrole nitrogens is 1. The summed E-state index contributed by atoms with van der Waals surface area (Å²) in [6.45, 7) is 5.74. The smallest absolute Gasteiger partial charge is 0.234 e. The third kappa shape index (κ3) is 4.55. The van der Waals surface area contributed by atoms with Crippen molar-refractivity contribution in [3.05, 3.63) is 42.1 Å². The van der Waals surface area contributed by atoms with Crippen LogP contribution in [0.5, 0.6) is 0 Å². The van der Waals surface area contributed by atoms with Gasteiger partial charge in [-0.25, -0.2) is 0 Å². The molecular formula is C18H22N8S. The fourth-order valence-corrected chi connectivity index (χ4v) is 3.55. The van der Waals surface area contributed by atoms with Crippen molar-refractivity contribution in [2.45, 2.75) is 17.0 Å². The monoisotopic (exact) mass is 382 g/mol. The van der Waals surface area contributed by atoms with E-state index in [1.807, 2.05) is 43.3 Å². The lowest BCUT2D eigenvalue weighted by Crippen LogP contribution is -2.45. The van der Waals surface area contributed by atoms with E-state index in [1.165, 1.54) is 11.8 Å². The van der Waals surface area contributed by atoms with Gasteiger partial charge in [-0.15, -0.1) is 0 Å². The average Bonchev–Trinajstić information content (AvgIpc) is 3.07. The number of nitrogens with one attached hydrogen (secondary N) is 2. The first-order valence-corrected chi connectivity index (χ1v) is 9.69. The lowest BCUT2D eigenvalue weighted by atomic mass is 10.3. The standard InChI is InChI=1S/C18H22N8S/c1-13-12-15(24-23-13)19-16-20-17(26-10-8-25(2)9-11-26)22-18(21-16)27-14-6-4-3-5-7-14/h3-7,12H,8-11H2,1-2H3,(H2,19,20,21,22,23,24). The van der Waals surface area contributed by atoms with Crippen LogP contribution in [0.15, 0.2) is 46.5 Å². The Bertz CT molecular complexity index is 889. The highest BCUT2D eigenvalue weighted by atomic mass is 32.2. The molecule has 1 aliphatic rings. The van der Waals surface area contributed by atoms with E-state index in [4.69, 9.17) is 4.98 Å². The number of aromatic nitrogens is 5. The highest BCUT2D eigenvalue weighted by molar-refractivity contribution is 7.99. The van der Waals surface area contributed by atoms with E-state index < -0.39 is 0 Å². The molecule has 3 aromatic rings. The van der Waals surface area contributed by atoms with Gasteiger partial charge in [0.15, 0.2) is 11.0 Å². The number of aryl methyl sites for hydroxylation is 1. The van der Waals surface area contributed by atoms with Crippen molar-refractivity contribution < 1.29 is 0 Å². The molecule has 0 unspecified atom stereocenters. The van der Waals surface area contributed by atoms with Gasteiger partial charge < -0.3 is 15.1 Å². The van der Waals surface area contributed by atoms with Crippen LogP contribution in [0, 0.1) is 6.92 Å². The minimum atomic E-state index is 0.504. The predicted molar refractivity (Wildman–Crippen MR) is 107 cm³/mol. The Labute approximate surface area is 162 Å². The van der Waals surface area contributed by atoms with Crippen molar-refractivity contribution in [3.8, 4) is 0 Å². The first-order chi connectivity index (χ1) is 13.2. The molecule has 27 heavy (non-hydrogen) atoms. The maximum atomic E-state index is 4.70. The van der Waals surface area contributed by atoms with Gasteiger partial charge in [0.05, 0.1) is 0 Å².